The van der Waals surface area contributed by atoms with Crippen molar-refractivity contribution in [3.05, 3.63) is 45.5 Å². The molecule has 2 rings (SSSR count). The van der Waals surface area contributed by atoms with Gasteiger partial charge in [0.05, 0.1) is 11.1 Å². The maximum absolute atomic E-state index is 12.3. The van der Waals surface area contributed by atoms with Gasteiger partial charge in [0.1, 0.15) is 0 Å². The van der Waals surface area contributed by atoms with Gasteiger partial charge in [-0.15, -0.1) is 0 Å². The molecule has 24 heavy (non-hydrogen) atoms. The largest absolute Gasteiger partial charge is 0.274 e. The van der Waals surface area contributed by atoms with E-state index in [1.54, 1.807) is 38.1 Å². The molecular formula is C18H24N2O4. The summed E-state index contributed by atoms with van der Waals surface area (Å²) in [5, 5.41) is 11.1. The summed E-state index contributed by atoms with van der Waals surface area (Å²) in [5.41, 5.74) is -0.0241. The zero-order valence-electron chi connectivity index (χ0n) is 14.4. The Hall–Kier alpha value is -2.24. The molecule has 6 heteroatoms. The molecule has 1 aromatic rings. The summed E-state index contributed by atoms with van der Waals surface area (Å²) in [6, 6.07) is 6.84. The van der Waals surface area contributed by atoms with Crippen LogP contribution in [0.3, 0.4) is 0 Å². The highest BCUT2D eigenvalue weighted by atomic mass is 16.6. The third-order valence-electron chi connectivity index (χ3n) is 4.73. The van der Waals surface area contributed by atoms with Gasteiger partial charge in [-0.2, -0.15) is 0 Å². The Morgan fingerprint density at radius 1 is 1.17 bits per heavy atom. The Kier molecular flexibility index (Phi) is 5.36. The van der Waals surface area contributed by atoms with Crippen molar-refractivity contribution in [2.75, 3.05) is 6.54 Å². The van der Waals surface area contributed by atoms with Gasteiger partial charge in [-0.3, -0.25) is 24.6 Å². The summed E-state index contributed by atoms with van der Waals surface area (Å²) in [5.74, 6) is -0.274. The van der Waals surface area contributed by atoms with E-state index in [-0.39, 0.29) is 22.7 Å². The average Bonchev–Trinajstić information content (AvgIpc) is 2.79. The van der Waals surface area contributed by atoms with Crippen LogP contribution in [0.15, 0.2) is 24.3 Å². The summed E-state index contributed by atoms with van der Waals surface area (Å²) < 4.78 is 0. The number of rotatable bonds is 8. The molecule has 2 amide bonds. The van der Waals surface area contributed by atoms with Gasteiger partial charge in [-0.25, -0.2) is 0 Å². The van der Waals surface area contributed by atoms with E-state index in [1.165, 1.54) is 4.90 Å². The molecule has 1 aliphatic rings. The Bertz CT molecular complexity index is 619. The Labute approximate surface area is 142 Å². The van der Waals surface area contributed by atoms with Crippen molar-refractivity contribution in [2.24, 2.45) is 5.92 Å². The van der Waals surface area contributed by atoms with Crippen molar-refractivity contribution in [1.29, 1.82) is 0 Å². The minimum absolute atomic E-state index is 0.209. The van der Waals surface area contributed by atoms with E-state index in [1.807, 2.05) is 6.92 Å². The molecule has 6 nitrogen and oxygen atoms in total. The van der Waals surface area contributed by atoms with Crippen molar-refractivity contribution < 1.29 is 14.5 Å². The van der Waals surface area contributed by atoms with Crippen LogP contribution >= 0.6 is 0 Å². The molecule has 0 bridgehead atoms. The first-order chi connectivity index (χ1) is 11.3. The molecular weight excluding hydrogens is 308 g/mol. The molecule has 0 spiro atoms. The van der Waals surface area contributed by atoms with Crippen molar-refractivity contribution >= 4 is 11.8 Å². The first-order valence-corrected chi connectivity index (χ1v) is 8.37. The van der Waals surface area contributed by atoms with Crippen molar-refractivity contribution in [2.45, 2.75) is 52.0 Å². The predicted octanol–water partition coefficient (Wildman–Crippen LogP) is 3.53. The standard InChI is InChI=1S/C18H24N2O4/c1-4-13(12-18(2,3)20(23)24)8-7-11-19-16(21)14-9-5-6-10-15(14)17(19)22/h5-6,9-10,13H,4,7-8,11-12H2,1-3H3/t13-/m0/s1. The molecule has 0 saturated carbocycles. The molecule has 0 saturated heterocycles. The Morgan fingerprint density at radius 2 is 1.71 bits per heavy atom. The minimum Gasteiger partial charge on any atom is -0.274 e. The molecule has 0 aliphatic carbocycles. The van der Waals surface area contributed by atoms with Crippen molar-refractivity contribution in [3.8, 4) is 0 Å². The number of carbonyl (C=O) groups excluding carboxylic acids is 2. The van der Waals surface area contributed by atoms with Crippen LogP contribution in [0.5, 0.6) is 0 Å². The fourth-order valence-electron chi connectivity index (χ4n) is 3.21. The SMILES string of the molecule is CC[C@@H](CCCN1C(=O)c2ccccc2C1=O)CC(C)(C)[N+](=O)[O-]. The van der Waals surface area contributed by atoms with Crippen LogP contribution in [-0.2, 0) is 0 Å². The number of hydrogen-bond donors (Lipinski definition) is 0. The van der Waals surface area contributed by atoms with Crippen LogP contribution in [0.4, 0.5) is 0 Å². The monoisotopic (exact) mass is 332 g/mol. The van der Waals surface area contributed by atoms with E-state index in [2.05, 4.69) is 0 Å². The number of nitro groups is 1. The molecule has 0 radical (unpaired) electrons. The normalized spacial score (nSPS) is 15.5. The second kappa shape index (κ2) is 7.11. The van der Waals surface area contributed by atoms with Gasteiger partial charge in [0.15, 0.2) is 0 Å². The maximum atomic E-state index is 12.3. The van der Waals surface area contributed by atoms with E-state index >= 15 is 0 Å². The number of benzene rings is 1. The van der Waals surface area contributed by atoms with Gasteiger partial charge < -0.3 is 0 Å². The maximum Gasteiger partial charge on any atom is 0.261 e. The summed E-state index contributed by atoms with van der Waals surface area (Å²) in [6.07, 6.45) is 2.77. The third-order valence-corrected chi connectivity index (χ3v) is 4.73. The number of carbonyl (C=O) groups is 2. The van der Waals surface area contributed by atoms with Gasteiger partial charge in [0, 0.05) is 31.7 Å². The molecule has 0 fully saturated rings. The van der Waals surface area contributed by atoms with Gasteiger partial charge in [0.25, 0.3) is 11.8 Å². The lowest BCUT2D eigenvalue weighted by Crippen LogP contribution is -2.34. The second-order valence-electron chi connectivity index (χ2n) is 7.00. The first-order valence-electron chi connectivity index (χ1n) is 8.37. The van der Waals surface area contributed by atoms with Crippen LogP contribution in [0.1, 0.15) is 67.2 Å². The lowest BCUT2D eigenvalue weighted by Gasteiger charge is -2.23. The summed E-state index contributed by atoms with van der Waals surface area (Å²) in [7, 11) is 0. The van der Waals surface area contributed by atoms with Crippen LogP contribution in [0.25, 0.3) is 0 Å². The number of nitrogens with zero attached hydrogens (tertiary/aromatic N) is 2. The first kappa shape index (κ1) is 18.1. The van der Waals surface area contributed by atoms with E-state index < -0.39 is 5.54 Å². The second-order valence-corrected chi connectivity index (χ2v) is 7.00. The number of amides is 2. The third kappa shape index (κ3) is 3.63. The van der Waals surface area contributed by atoms with Crippen LogP contribution < -0.4 is 0 Å². The van der Waals surface area contributed by atoms with Crippen molar-refractivity contribution in [3.63, 3.8) is 0 Å². The number of imide groups is 1. The number of fused-ring (bicyclic) bond motifs is 1. The lowest BCUT2D eigenvalue weighted by atomic mass is 9.86. The van der Waals surface area contributed by atoms with Crippen LogP contribution in [-0.4, -0.2) is 33.7 Å². The lowest BCUT2D eigenvalue weighted by molar-refractivity contribution is -0.563. The zero-order valence-corrected chi connectivity index (χ0v) is 14.4. The smallest absolute Gasteiger partial charge is 0.261 e. The van der Waals surface area contributed by atoms with E-state index in [0.717, 1.165) is 12.8 Å². The van der Waals surface area contributed by atoms with Gasteiger partial charge in [-0.1, -0.05) is 25.5 Å². The van der Waals surface area contributed by atoms with Crippen molar-refractivity contribution in [1.82, 2.24) is 4.90 Å². The predicted molar refractivity (Wildman–Crippen MR) is 90.5 cm³/mol. The average molecular weight is 332 g/mol. The summed E-state index contributed by atoms with van der Waals surface area (Å²) >= 11 is 0. The van der Waals surface area contributed by atoms with Gasteiger partial charge in [-0.05, 0) is 30.9 Å². The molecule has 0 aromatic heterocycles. The highest BCUT2D eigenvalue weighted by Gasteiger charge is 2.36. The molecule has 1 heterocycles. The van der Waals surface area contributed by atoms with E-state index in [0.29, 0.717) is 30.5 Å². The van der Waals surface area contributed by atoms with Gasteiger partial charge in [0.2, 0.25) is 5.54 Å². The zero-order chi connectivity index (χ0) is 17.9. The molecule has 1 atom stereocenters. The molecule has 1 aliphatic heterocycles. The fourth-order valence-corrected chi connectivity index (χ4v) is 3.21. The number of hydrogen-bond acceptors (Lipinski definition) is 4. The summed E-state index contributed by atoms with van der Waals surface area (Å²) in [4.78, 5) is 36.7. The molecule has 1 aromatic carbocycles. The van der Waals surface area contributed by atoms with Crippen LogP contribution in [0, 0.1) is 16.0 Å². The minimum atomic E-state index is -0.948. The highest BCUT2D eigenvalue weighted by Crippen LogP contribution is 2.27. The van der Waals surface area contributed by atoms with Crippen LogP contribution in [0.2, 0.25) is 0 Å². The fraction of sp³-hybridized carbons (Fsp3) is 0.556. The quantitative estimate of drug-likeness (QED) is 0.414. The Balaban J connectivity index is 1.91. The molecule has 0 unspecified atom stereocenters. The topological polar surface area (TPSA) is 80.5 Å². The van der Waals surface area contributed by atoms with Gasteiger partial charge >= 0.3 is 0 Å². The van der Waals surface area contributed by atoms with E-state index in [9.17, 15) is 19.7 Å². The summed E-state index contributed by atoms with van der Waals surface area (Å²) in [6.45, 7) is 5.66. The van der Waals surface area contributed by atoms with E-state index in [4.69, 9.17) is 0 Å². The molecule has 130 valence electrons. The Morgan fingerprint density at radius 3 is 2.17 bits per heavy atom. The molecule has 0 N–H and O–H groups in total. The highest BCUT2D eigenvalue weighted by molar-refractivity contribution is 6.21.